The van der Waals surface area contributed by atoms with Crippen LogP contribution in [0.25, 0.3) is 0 Å². The maximum Gasteiger partial charge on any atom is 0.227 e. The summed E-state index contributed by atoms with van der Waals surface area (Å²) >= 11 is 0. The van der Waals surface area contributed by atoms with Crippen LogP contribution in [-0.2, 0) is 17.8 Å². The summed E-state index contributed by atoms with van der Waals surface area (Å²) in [7, 11) is 0. The van der Waals surface area contributed by atoms with Crippen molar-refractivity contribution >= 4 is 5.91 Å². The predicted molar refractivity (Wildman–Crippen MR) is 112 cm³/mol. The van der Waals surface area contributed by atoms with E-state index < -0.39 is 0 Å². The van der Waals surface area contributed by atoms with Crippen molar-refractivity contribution in [3.8, 4) is 0 Å². The molecule has 156 valence electrons. The highest BCUT2D eigenvalue weighted by Crippen LogP contribution is 2.27. The number of hydrogen-bond acceptors (Lipinski definition) is 4. The van der Waals surface area contributed by atoms with Gasteiger partial charge in [-0.3, -0.25) is 9.69 Å². The number of likely N-dealkylation sites (tertiary alicyclic amines) is 1. The molecule has 5 nitrogen and oxygen atoms in total. The molecule has 0 spiro atoms. The van der Waals surface area contributed by atoms with Gasteiger partial charge in [-0.05, 0) is 58.4 Å². The van der Waals surface area contributed by atoms with E-state index in [1.807, 2.05) is 38.7 Å². The van der Waals surface area contributed by atoms with E-state index in [9.17, 15) is 9.18 Å². The van der Waals surface area contributed by atoms with Gasteiger partial charge >= 0.3 is 0 Å². The molecule has 0 aliphatic carbocycles. The van der Waals surface area contributed by atoms with Crippen LogP contribution in [0.5, 0.6) is 0 Å². The van der Waals surface area contributed by atoms with Gasteiger partial charge in [0.15, 0.2) is 0 Å². The fourth-order valence-electron chi connectivity index (χ4n) is 4.12. The summed E-state index contributed by atoms with van der Waals surface area (Å²) in [4.78, 5) is 26.2. The number of aryl methyl sites for hydroxylation is 2. The van der Waals surface area contributed by atoms with Crippen molar-refractivity contribution in [1.82, 2.24) is 19.8 Å². The van der Waals surface area contributed by atoms with Crippen LogP contribution in [0.2, 0.25) is 0 Å². The Bertz CT molecular complexity index is 843. The van der Waals surface area contributed by atoms with E-state index in [4.69, 9.17) is 9.97 Å². The topological polar surface area (TPSA) is 49.3 Å². The number of halogens is 1. The van der Waals surface area contributed by atoms with Crippen LogP contribution >= 0.6 is 0 Å². The minimum atomic E-state index is -0.192. The number of rotatable bonds is 7. The van der Waals surface area contributed by atoms with Crippen molar-refractivity contribution in [2.75, 3.05) is 26.2 Å². The molecule has 1 aromatic heterocycles. The second-order valence-corrected chi connectivity index (χ2v) is 7.82. The fourth-order valence-corrected chi connectivity index (χ4v) is 4.12. The number of benzene rings is 1. The van der Waals surface area contributed by atoms with E-state index in [1.54, 1.807) is 12.1 Å². The summed E-state index contributed by atoms with van der Waals surface area (Å²) in [5.41, 5.74) is 3.73. The van der Waals surface area contributed by atoms with Crippen LogP contribution < -0.4 is 0 Å². The monoisotopic (exact) mass is 398 g/mol. The van der Waals surface area contributed by atoms with E-state index in [-0.39, 0.29) is 17.6 Å². The Labute approximate surface area is 173 Å². The van der Waals surface area contributed by atoms with Gasteiger partial charge in [0.2, 0.25) is 5.91 Å². The van der Waals surface area contributed by atoms with Crippen LogP contribution in [0.4, 0.5) is 4.39 Å². The minimum absolute atomic E-state index is 0.125. The Hall–Kier alpha value is -2.34. The minimum Gasteiger partial charge on any atom is -0.343 e. The number of aromatic nitrogens is 2. The molecule has 1 aromatic carbocycles. The van der Waals surface area contributed by atoms with Gasteiger partial charge in [0.05, 0.1) is 6.42 Å². The van der Waals surface area contributed by atoms with Crippen molar-refractivity contribution < 1.29 is 9.18 Å². The number of carbonyl (C=O) groups is 1. The third kappa shape index (κ3) is 5.18. The standard InChI is InChI=1S/C23H31FN4O/c1-5-28(6-2)22(29)13-21-16(3)25-23(26-17(21)4)19-10-11-27(15-19)14-18-8-7-9-20(24)12-18/h7-9,12,19H,5-6,10-11,13-15H2,1-4H3/t19-/m0/s1. The van der Waals surface area contributed by atoms with E-state index in [0.717, 1.165) is 67.5 Å². The molecule has 1 saturated heterocycles. The Morgan fingerprint density at radius 3 is 2.52 bits per heavy atom. The fraction of sp³-hybridized carbons (Fsp3) is 0.522. The normalized spacial score (nSPS) is 16.9. The third-order valence-corrected chi connectivity index (χ3v) is 5.81. The average Bonchev–Trinajstić information content (AvgIpc) is 3.14. The van der Waals surface area contributed by atoms with E-state index in [2.05, 4.69) is 4.90 Å². The van der Waals surface area contributed by atoms with E-state index in [0.29, 0.717) is 6.42 Å². The first-order valence-corrected chi connectivity index (χ1v) is 10.5. The summed E-state index contributed by atoms with van der Waals surface area (Å²) in [6.07, 6.45) is 1.35. The lowest BCUT2D eigenvalue weighted by Gasteiger charge is -2.20. The Morgan fingerprint density at radius 2 is 1.90 bits per heavy atom. The molecule has 0 saturated carbocycles. The maximum absolute atomic E-state index is 13.4. The lowest BCUT2D eigenvalue weighted by molar-refractivity contribution is -0.130. The largest absolute Gasteiger partial charge is 0.343 e. The van der Waals surface area contributed by atoms with Gasteiger partial charge in [-0.25, -0.2) is 14.4 Å². The first-order valence-electron chi connectivity index (χ1n) is 10.5. The van der Waals surface area contributed by atoms with Crippen LogP contribution in [-0.4, -0.2) is 51.9 Å². The first kappa shape index (κ1) is 21.4. The Balaban J connectivity index is 1.68. The lowest BCUT2D eigenvalue weighted by Crippen LogP contribution is -2.32. The zero-order chi connectivity index (χ0) is 21.0. The van der Waals surface area contributed by atoms with E-state index in [1.165, 1.54) is 6.07 Å². The van der Waals surface area contributed by atoms with Gasteiger partial charge in [0.25, 0.3) is 0 Å². The van der Waals surface area contributed by atoms with Crippen molar-refractivity contribution in [3.05, 3.63) is 58.4 Å². The molecule has 0 N–H and O–H groups in total. The molecule has 0 radical (unpaired) electrons. The zero-order valence-electron chi connectivity index (χ0n) is 17.9. The highest BCUT2D eigenvalue weighted by Gasteiger charge is 2.27. The molecule has 0 bridgehead atoms. The lowest BCUT2D eigenvalue weighted by atomic mass is 10.0. The smallest absolute Gasteiger partial charge is 0.227 e. The van der Waals surface area contributed by atoms with Crippen LogP contribution in [0.15, 0.2) is 24.3 Å². The second-order valence-electron chi connectivity index (χ2n) is 7.82. The quantitative estimate of drug-likeness (QED) is 0.715. The Morgan fingerprint density at radius 1 is 1.21 bits per heavy atom. The van der Waals surface area contributed by atoms with Crippen molar-refractivity contribution in [3.63, 3.8) is 0 Å². The van der Waals surface area contributed by atoms with Crippen molar-refractivity contribution in [1.29, 1.82) is 0 Å². The molecule has 0 unspecified atom stereocenters. The Kier molecular flexibility index (Phi) is 6.96. The molecule has 3 rings (SSSR count). The van der Waals surface area contributed by atoms with Gasteiger partial charge in [-0.15, -0.1) is 0 Å². The van der Waals surface area contributed by atoms with Gasteiger partial charge < -0.3 is 4.90 Å². The number of amides is 1. The SMILES string of the molecule is CCN(CC)C(=O)Cc1c(C)nc([C@H]2CCN(Cc3cccc(F)c3)C2)nc1C. The third-order valence-electron chi connectivity index (χ3n) is 5.81. The number of carbonyl (C=O) groups excluding carboxylic acids is 1. The molecular weight excluding hydrogens is 367 g/mol. The molecule has 1 fully saturated rings. The highest BCUT2D eigenvalue weighted by atomic mass is 19.1. The van der Waals surface area contributed by atoms with Crippen LogP contribution in [0, 0.1) is 19.7 Å². The first-order chi connectivity index (χ1) is 13.9. The van der Waals surface area contributed by atoms with Gasteiger partial charge in [0, 0.05) is 49.0 Å². The summed E-state index contributed by atoms with van der Waals surface area (Å²) in [5, 5.41) is 0. The molecule has 29 heavy (non-hydrogen) atoms. The van der Waals surface area contributed by atoms with Gasteiger partial charge in [-0.1, -0.05) is 12.1 Å². The molecule has 1 aliphatic rings. The van der Waals surface area contributed by atoms with Crippen molar-refractivity contribution in [2.24, 2.45) is 0 Å². The predicted octanol–water partition coefficient (Wildman–Crippen LogP) is 3.63. The molecular formula is C23H31FN4O. The summed E-state index contributed by atoms with van der Waals surface area (Å²) in [6.45, 7) is 11.9. The van der Waals surface area contributed by atoms with Crippen LogP contribution in [0.1, 0.15) is 54.5 Å². The zero-order valence-corrected chi connectivity index (χ0v) is 17.9. The average molecular weight is 399 g/mol. The highest BCUT2D eigenvalue weighted by molar-refractivity contribution is 5.79. The molecule has 1 atom stereocenters. The van der Waals surface area contributed by atoms with Gasteiger partial charge in [-0.2, -0.15) is 0 Å². The van der Waals surface area contributed by atoms with Crippen LogP contribution in [0.3, 0.4) is 0 Å². The van der Waals surface area contributed by atoms with E-state index >= 15 is 0 Å². The number of likely N-dealkylation sites (N-methyl/N-ethyl adjacent to an activating group) is 1. The molecule has 6 heteroatoms. The summed E-state index contributed by atoms with van der Waals surface area (Å²) in [6, 6.07) is 6.79. The summed E-state index contributed by atoms with van der Waals surface area (Å²) in [5.74, 6) is 1.07. The maximum atomic E-state index is 13.4. The summed E-state index contributed by atoms with van der Waals surface area (Å²) < 4.78 is 13.4. The molecule has 2 heterocycles. The number of hydrogen-bond donors (Lipinski definition) is 0. The van der Waals surface area contributed by atoms with Gasteiger partial charge in [0.1, 0.15) is 11.6 Å². The molecule has 2 aromatic rings. The molecule has 1 aliphatic heterocycles. The number of nitrogens with zero attached hydrogens (tertiary/aromatic N) is 4. The van der Waals surface area contributed by atoms with Crippen molar-refractivity contribution in [2.45, 2.75) is 53.0 Å². The molecule has 1 amide bonds. The second kappa shape index (κ2) is 9.44.